The average Bonchev–Trinajstić information content (AvgIpc) is 3.03. The summed E-state index contributed by atoms with van der Waals surface area (Å²) in [5.74, 6) is -0.576. The molecule has 1 heterocycles. The van der Waals surface area contributed by atoms with E-state index >= 15 is 0 Å². The van der Waals surface area contributed by atoms with E-state index in [1.165, 1.54) is 5.56 Å². The Morgan fingerprint density at radius 2 is 2.00 bits per heavy atom. The highest BCUT2D eigenvalue weighted by atomic mass is 16.4. The van der Waals surface area contributed by atoms with Crippen molar-refractivity contribution in [3.8, 4) is 0 Å². The molecule has 0 unspecified atom stereocenters. The molecule has 0 spiro atoms. The van der Waals surface area contributed by atoms with E-state index in [2.05, 4.69) is 19.1 Å². The summed E-state index contributed by atoms with van der Waals surface area (Å²) in [6.45, 7) is 2.87. The molecule has 2 rings (SSSR count). The number of carboxylic acid groups (broad SMARTS) is 1. The Bertz CT molecular complexity index is 685. The normalized spacial score (nSPS) is 17.9. The number of rotatable bonds is 13. The molecular formula is C24H35NO4. The van der Waals surface area contributed by atoms with Crippen LogP contribution in [0.15, 0.2) is 36.4 Å². The van der Waals surface area contributed by atoms with Gasteiger partial charge in [-0.05, 0) is 36.8 Å². The lowest BCUT2D eigenvalue weighted by Crippen LogP contribution is -2.32. The molecule has 1 aromatic rings. The highest BCUT2D eigenvalue weighted by molar-refractivity contribution is 5.79. The fourth-order valence-electron chi connectivity index (χ4n) is 3.93. The van der Waals surface area contributed by atoms with Crippen molar-refractivity contribution in [3.63, 3.8) is 0 Å². The molecule has 1 aliphatic heterocycles. The van der Waals surface area contributed by atoms with Gasteiger partial charge in [0.25, 0.3) is 0 Å². The number of carbonyl (C=O) groups excluding carboxylic acids is 1. The summed E-state index contributed by atoms with van der Waals surface area (Å²) < 4.78 is 0. The maximum atomic E-state index is 12.2. The monoisotopic (exact) mass is 401 g/mol. The molecule has 160 valence electrons. The molecule has 5 heteroatoms. The number of hydrogen-bond donors (Lipinski definition) is 2. The SMILES string of the molecule is CCCc1cccc(C[C@H](O)C=C[C@H]2CCC(=O)N2CCCCCCC(=O)O)c1. The number of carboxylic acids is 1. The van der Waals surface area contributed by atoms with Crippen molar-refractivity contribution in [1.29, 1.82) is 0 Å². The number of nitrogens with zero attached hydrogens (tertiary/aromatic N) is 1. The fourth-order valence-corrected chi connectivity index (χ4v) is 3.93. The highest BCUT2D eigenvalue weighted by Gasteiger charge is 2.28. The van der Waals surface area contributed by atoms with Gasteiger partial charge in [0.1, 0.15) is 0 Å². The lowest BCUT2D eigenvalue weighted by atomic mass is 10.0. The summed E-state index contributed by atoms with van der Waals surface area (Å²) >= 11 is 0. The van der Waals surface area contributed by atoms with Crippen molar-refractivity contribution in [2.75, 3.05) is 6.54 Å². The van der Waals surface area contributed by atoms with Crippen molar-refractivity contribution in [3.05, 3.63) is 47.5 Å². The summed E-state index contributed by atoms with van der Waals surface area (Å²) in [5.41, 5.74) is 2.44. The van der Waals surface area contributed by atoms with Crippen LogP contribution in [-0.4, -0.2) is 45.7 Å². The zero-order chi connectivity index (χ0) is 21.1. The fraction of sp³-hybridized carbons (Fsp3) is 0.583. The zero-order valence-electron chi connectivity index (χ0n) is 17.6. The molecule has 0 aliphatic carbocycles. The number of likely N-dealkylation sites (tertiary alicyclic amines) is 1. The van der Waals surface area contributed by atoms with E-state index in [0.717, 1.165) is 44.1 Å². The third-order valence-electron chi connectivity index (χ3n) is 5.44. The number of aryl methyl sites for hydroxylation is 1. The number of aliphatic carboxylic acids is 1. The van der Waals surface area contributed by atoms with Crippen LogP contribution in [0.2, 0.25) is 0 Å². The third kappa shape index (κ3) is 8.40. The summed E-state index contributed by atoms with van der Waals surface area (Å²) in [5, 5.41) is 19.1. The number of benzene rings is 1. The molecule has 29 heavy (non-hydrogen) atoms. The summed E-state index contributed by atoms with van der Waals surface area (Å²) in [7, 11) is 0. The first-order valence-electron chi connectivity index (χ1n) is 10.9. The largest absolute Gasteiger partial charge is 0.481 e. The Morgan fingerprint density at radius 1 is 1.24 bits per heavy atom. The molecule has 0 radical (unpaired) electrons. The minimum atomic E-state index is -0.749. The van der Waals surface area contributed by atoms with Gasteiger partial charge in [-0.25, -0.2) is 0 Å². The van der Waals surface area contributed by atoms with Crippen LogP contribution in [0.3, 0.4) is 0 Å². The second kappa shape index (κ2) is 12.4. The summed E-state index contributed by atoms with van der Waals surface area (Å²) in [4.78, 5) is 24.6. The molecule has 1 aliphatic rings. The van der Waals surface area contributed by atoms with Gasteiger partial charge in [0.15, 0.2) is 0 Å². The Balaban J connectivity index is 1.79. The van der Waals surface area contributed by atoms with Crippen molar-refractivity contribution >= 4 is 11.9 Å². The molecule has 2 N–H and O–H groups in total. The molecular weight excluding hydrogens is 366 g/mol. The van der Waals surface area contributed by atoms with Gasteiger partial charge in [0.05, 0.1) is 12.1 Å². The summed E-state index contributed by atoms with van der Waals surface area (Å²) in [6, 6.07) is 8.44. The van der Waals surface area contributed by atoms with E-state index in [4.69, 9.17) is 5.11 Å². The third-order valence-corrected chi connectivity index (χ3v) is 5.44. The molecule has 1 aromatic carbocycles. The maximum absolute atomic E-state index is 12.2. The highest BCUT2D eigenvalue weighted by Crippen LogP contribution is 2.21. The molecule has 0 aromatic heterocycles. The van der Waals surface area contributed by atoms with Crippen LogP contribution < -0.4 is 0 Å². The maximum Gasteiger partial charge on any atom is 0.303 e. The molecule has 0 saturated carbocycles. The van der Waals surface area contributed by atoms with Crippen molar-refractivity contribution in [2.24, 2.45) is 0 Å². The van der Waals surface area contributed by atoms with Crippen LogP contribution in [0.4, 0.5) is 0 Å². The topological polar surface area (TPSA) is 77.8 Å². The van der Waals surface area contributed by atoms with Gasteiger partial charge in [0, 0.05) is 25.8 Å². The quantitative estimate of drug-likeness (QED) is 0.385. The predicted molar refractivity (Wildman–Crippen MR) is 115 cm³/mol. The molecule has 2 atom stereocenters. The first-order chi connectivity index (χ1) is 14.0. The van der Waals surface area contributed by atoms with Gasteiger partial charge in [-0.1, -0.05) is 62.6 Å². The number of aliphatic hydroxyl groups excluding tert-OH is 1. The van der Waals surface area contributed by atoms with Crippen molar-refractivity contribution in [2.45, 2.75) is 83.3 Å². The van der Waals surface area contributed by atoms with Crippen LogP contribution >= 0.6 is 0 Å². The zero-order valence-corrected chi connectivity index (χ0v) is 17.6. The van der Waals surface area contributed by atoms with Gasteiger partial charge >= 0.3 is 5.97 Å². The minimum absolute atomic E-state index is 0.0580. The van der Waals surface area contributed by atoms with Gasteiger partial charge in [0.2, 0.25) is 5.91 Å². The van der Waals surface area contributed by atoms with Crippen molar-refractivity contribution < 1.29 is 19.8 Å². The number of aliphatic hydroxyl groups is 1. The number of hydrogen-bond acceptors (Lipinski definition) is 3. The lowest BCUT2D eigenvalue weighted by molar-refractivity contribution is -0.137. The second-order valence-corrected chi connectivity index (χ2v) is 7.98. The number of carbonyl (C=O) groups is 2. The van der Waals surface area contributed by atoms with Crippen molar-refractivity contribution in [1.82, 2.24) is 4.90 Å². The second-order valence-electron chi connectivity index (χ2n) is 7.98. The Kier molecular flexibility index (Phi) is 9.92. The molecule has 5 nitrogen and oxygen atoms in total. The van der Waals surface area contributed by atoms with E-state index in [9.17, 15) is 14.7 Å². The van der Waals surface area contributed by atoms with Gasteiger partial charge in [-0.15, -0.1) is 0 Å². The van der Waals surface area contributed by atoms with Crippen LogP contribution in [0.5, 0.6) is 0 Å². The van der Waals surface area contributed by atoms with Gasteiger partial charge in [-0.3, -0.25) is 9.59 Å². The van der Waals surface area contributed by atoms with Gasteiger partial charge in [-0.2, -0.15) is 0 Å². The Labute approximate surface area is 174 Å². The molecule has 1 saturated heterocycles. The van der Waals surface area contributed by atoms with Crippen LogP contribution in [0.25, 0.3) is 0 Å². The van der Waals surface area contributed by atoms with E-state index in [1.807, 2.05) is 29.2 Å². The number of amides is 1. The van der Waals surface area contributed by atoms with Crippen LogP contribution in [0.1, 0.15) is 69.4 Å². The van der Waals surface area contributed by atoms with Gasteiger partial charge < -0.3 is 15.1 Å². The molecule has 1 amide bonds. The van der Waals surface area contributed by atoms with Crippen LogP contribution in [-0.2, 0) is 22.4 Å². The average molecular weight is 402 g/mol. The number of unbranched alkanes of at least 4 members (excludes halogenated alkanes) is 3. The first-order valence-corrected chi connectivity index (χ1v) is 10.9. The minimum Gasteiger partial charge on any atom is -0.481 e. The summed E-state index contributed by atoms with van der Waals surface area (Å²) in [6.07, 6.45) is 11.0. The molecule has 0 bridgehead atoms. The van der Waals surface area contributed by atoms with E-state index in [1.54, 1.807) is 0 Å². The standard InChI is InChI=1S/C24H35NO4/c1-2-8-19-9-7-10-20(17-19)18-22(26)14-12-21-13-15-23(27)25(21)16-6-4-3-5-11-24(28)29/h7,9-10,12,14,17,21-22,26H,2-6,8,11,13,15-16,18H2,1H3,(H,28,29)/t21-,22+/m0/s1. The predicted octanol–water partition coefficient (Wildman–Crippen LogP) is 4.12. The lowest BCUT2D eigenvalue weighted by Gasteiger charge is -2.22. The molecule has 1 fully saturated rings. The smallest absolute Gasteiger partial charge is 0.303 e. The van der Waals surface area contributed by atoms with E-state index in [-0.39, 0.29) is 18.4 Å². The Morgan fingerprint density at radius 3 is 2.76 bits per heavy atom. The first kappa shape index (κ1) is 23.1. The van der Waals surface area contributed by atoms with E-state index < -0.39 is 12.1 Å². The van der Waals surface area contributed by atoms with E-state index in [0.29, 0.717) is 25.8 Å². The Hall–Kier alpha value is -2.14. The van der Waals surface area contributed by atoms with Crippen LogP contribution in [0, 0.1) is 0 Å².